The number of methoxy groups -OCH3 is 2. The van der Waals surface area contributed by atoms with E-state index in [1.54, 1.807) is 39.0 Å². The lowest BCUT2D eigenvalue weighted by Crippen LogP contribution is -2.24. The van der Waals surface area contributed by atoms with E-state index >= 15 is 0 Å². The lowest BCUT2D eigenvalue weighted by molar-refractivity contribution is 0.0951. The molecule has 3 heterocycles. The number of hydrogen-bond donors (Lipinski definition) is 1. The molecule has 166 valence electrons. The van der Waals surface area contributed by atoms with Crippen LogP contribution in [0.4, 0.5) is 0 Å². The first-order chi connectivity index (χ1) is 16.1. The molecule has 33 heavy (non-hydrogen) atoms. The molecule has 0 unspecified atom stereocenters. The van der Waals surface area contributed by atoms with E-state index in [0.29, 0.717) is 35.0 Å². The molecule has 3 aromatic heterocycles. The summed E-state index contributed by atoms with van der Waals surface area (Å²) in [5, 5.41) is 2.99. The third-order valence-corrected chi connectivity index (χ3v) is 5.15. The topological polar surface area (TPSA) is 86.2 Å². The van der Waals surface area contributed by atoms with Crippen LogP contribution in [0, 0.1) is 6.92 Å². The number of nitrogens with one attached hydrogen (secondary N) is 1. The highest BCUT2D eigenvalue weighted by Gasteiger charge is 2.17. The summed E-state index contributed by atoms with van der Waals surface area (Å²) < 4.78 is 10.6. The largest absolute Gasteiger partial charge is 0.493 e. The molecule has 0 spiro atoms. The van der Waals surface area contributed by atoms with Gasteiger partial charge in [-0.3, -0.25) is 19.7 Å². The minimum atomic E-state index is -0.250. The van der Waals surface area contributed by atoms with Crippen molar-refractivity contribution in [2.45, 2.75) is 13.5 Å². The molecule has 0 bridgehead atoms. The number of carbonyl (C=O) groups excluding carboxylic acids is 1. The van der Waals surface area contributed by atoms with Crippen LogP contribution in [-0.2, 0) is 6.54 Å². The molecular formula is C26H24N4O3. The van der Waals surface area contributed by atoms with E-state index in [9.17, 15) is 4.79 Å². The van der Waals surface area contributed by atoms with Gasteiger partial charge in [0.15, 0.2) is 11.5 Å². The Kier molecular flexibility index (Phi) is 6.59. The lowest BCUT2D eigenvalue weighted by atomic mass is 10.0. The van der Waals surface area contributed by atoms with Crippen LogP contribution in [-0.4, -0.2) is 35.1 Å². The van der Waals surface area contributed by atoms with Gasteiger partial charge in [0.1, 0.15) is 5.69 Å². The van der Waals surface area contributed by atoms with Crippen molar-refractivity contribution in [3.05, 3.63) is 90.0 Å². The van der Waals surface area contributed by atoms with Gasteiger partial charge in [0.05, 0.1) is 25.5 Å². The summed E-state index contributed by atoms with van der Waals surface area (Å²) in [4.78, 5) is 26.5. The molecule has 4 rings (SSSR count). The van der Waals surface area contributed by atoms with Gasteiger partial charge in [-0.2, -0.15) is 0 Å². The van der Waals surface area contributed by atoms with Crippen molar-refractivity contribution in [2.24, 2.45) is 0 Å². The molecule has 0 aliphatic heterocycles. The van der Waals surface area contributed by atoms with Crippen LogP contribution >= 0.6 is 0 Å². The van der Waals surface area contributed by atoms with Gasteiger partial charge in [-0.05, 0) is 54.4 Å². The second-order valence-electron chi connectivity index (χ2n) is 7.46. The molecule has 7 heteroatoms. The molecular weight excluding hydrogens is 416 g/mol. The highest BCUT2D eigenvalue weighted by atomic mass is 16.5. The van der Waals surface area contributed by atoms with Crippen LogP contribution in [0.2, 0.25) is 0 Å². The van der Waals surface area contributed by atoms with Crippen molar-refractivity contribution in [1.29, 1.82) is 0 Å². The Morgan fingerprint density at radius 2 is 1.73 bits per heavy atom. The number of aryl methyl sites for hydroxylation is 1. The maximum atomic E-state index is 13.3. The van der Waals surface area contributed by atoms with E-state index in [1.165, 1.54) is 0 Å². The number of aromatic nitrogens is 3. The maximum Gasteiger partial charge on any atom is 0.253 e. The van der Waals surface area contributed by atoms with E-state index in [-0.39, 0.29) is 5.91 Å². The van der Waals surface area contributed by atoms with Crippen LogP contribution in [0.1, 0.15) is 21.5 Å². The van der Waals surface area contributed by atoms with E-state index < -0.39 is 0 Å². The molecule has 0 saturated heterocycles. The SMILES string of the molecule is COc1ccc(CNC(=O)c2cc(-c3cncc(C)c3)cnc2-c2ccccn2)cc1OC. The fourth-order valence-electron chi connectivity index (χ4n) is 3.48. The second kappa shape index (κ2) is 9.91. The third kappa shape index (κ3) is 4.98. The highest BCUT2D eigenvalue weighted by molar-refractivity contribution is 6.00. The summed E-state index contributed by atoms with van der Waals surface area (Å²) >= 11 is 0. The summed E-state index contributed by atoms with van der Waals surface area (Å²) in [6.07, 6.45) is 6.97. The predicted molar refractivity (Wildman–Crippen MR) is 126 cm³/mol. The normalized spacial score (nSPS) is 10.5. The van der Waals surface area contributed by atoms with Gasteiger partial charge in [0, 0.05) is 42.5 Å². The third-order valence-electron chi connectivity index (χ3n) is 5.15. The molecule has 1 aromatic carbocycles. The van der Waals surface area contributed by atoms with Crippen molar-refractivity contribution in [1.82, 2.24) is 20.3 Å². The van der Waals surface area contributed by atoms with E-state index in [1.807, 2.05) is 55.5 Å². The predicted octanol–water partition coefficient (Wildman–Crippen LogP) is 4.46. The van der Waals surface area contributed by atoms with E-state index in [4.69, 9.17) is 9.47 Å². The van der Waals surface area contributed by atoms with Gasteiger partial charge in [-0.15, -0.1) is 0 Å². The van der Waals surface area contributed by atoms with Crippen molar-refractivity contribution in [2.75, 3.05) is 14.2 Å². The number of amides is 1. The number of carbonyl (C=O) groups is 1. The average Bonchev–Trinajstić information content (AvgIpc) is 2.87. The quantitative estimate of drug-likeness (QED) is 0.457. The van der Waals surface area contributed by atoms with Crippen molar-refractivity contribution in [3.63, 3.8) is 0 Å². The Hall–Kier alpha value is -4.26. The van der Waals surface area contributed by atoms with Gasteiger partial charge in [0.2, 0.25) is 0 Å². The van der Waals surface area contributed by atoms with E-state index in [2.05, 4.69) is 20.3 Å². The molecule has 0 saturated carbocycles. The van der Waals surface area contributed by atoms with Crippen LogP contribution in [0.25, 0.3) is 22.5 Å². The average molecular weight is 441 g/mol. The molecule has 1 N–H and O–H groups in total. The number of pyridine rings is 3. The van der Waals surface area contributed by atoms with Crippen molar-refractivity contribution >= 4 is 5.91 Å². The zero-order valence-electron chi connectivity index (χ0n) is 18.7. The summed E-state index contributed by atoms with van der Waals surface area (Å²) in [5.74, 6) is 0.989. The molecule has 0 aliphatic rings. The highest BCUT2D eigenvalue weighted by Crippen LogP contribution is 2.28. The first-order valence-corrected chi connectivity index (χ1v) is 10.4. The van der Waals surface area contributed by atoms with Crippen LogP contribution < -0.4 is 14.8 Å². The first kappa shape index (κ1) is 22.0. The second-order valence-corrected chi connectivity index (χ2v) is 7.46. The number of ether oxygens (including phenoxy) is 2. The van der Waals surface area contributed by atoms with Gasteiger partial charge in [0.25, 0.3) is 5.91 Å². The van der Waals surface area contributed by atoms with Crippen molar-refractivity contribution < 1.29 is 14.3 Å². The Balaban J connectivity index is 1.66. The minimum Gasteiger partial charge on any atom is -0.493 e. The summed E-state index contributed by atoms with van der Waals surface area (Å²) in [6, 6.07) is 14.9. The van der Waals surface area contributed by atoms with Crippen LogP contribution in [0.5, 0.6) is 11.5 Å². The van der Waals surface area contributed by atoms with Gasteiger partial charge >= 0.3 is 0 Å². The van der Waals surface area contributed by atoms with E-state index in [0.717, 1.165) is 22.3 Å². The summed E-state index contributed by atoms with van der Waals surface area (Å²) in [7, 11) is 3.17. The Morgan fingerprint density at radius 3 is 2.45 bits per heavy atom. The Morgan fingerprint density at radius 1 is 0.909 bits per heavy atom. The molecule has 0 fully saturated rings. The molecule has 4 aromatic rings. The van der Waals surface area contributed by atoms with Crippen molar-refractivity contribution in [3.8, 4) is 34.0 Å². The molecule has 7 nitrogen and oxygen atoms in total. The minimum absolute atomic E-state index is 0.250. The smallest absolute Gasteiger partial charge is 0.253 e. The fourth-order valence-corrected chi connectivity index (χ4v) is 3.48. The number of rotatable bonds is 7. The molecule has 1 amide bonds. The number of nitrogens with zero attached hydrogens (tertiary/aromatic N) is 3. The Bertz CT molecular complexity index is 1280. The van der Waals surface area contributed by atoms with Gasteiger partial charge < -0.3 is 14.8 Å². The molecule has 0 aliphatic carbocycles. The lowest BCUT2D eigenvalue weighted by Gasteiger charge is -2.13. The first-order valence-electron chi connectivity index (χ1n) is 10.4. The van der Waals surface area contributed by atoms with Gasteiger partial charge in [-0.1, -0.05) is 12.1 Å². The van der Waals surface area contributed by atoms with Crippen LogP contribution in [0.3, 0.4) is 0 Å². The molecule has 0 radical (unpaired) electrons. The number of benzene rings is 1. The maximum absolute atomic E-state index is 13.3. The standard InChI is InChI=1S/C26H24N4O3/c1-17-10-19(15-27-13-17)20-12-21(25(29-16-20)22-6-4-5-9-28-22)26(31)30-14-18-7-8-23(32-2)24(11-18)33-3/h4-13,15-16H,14H2,1-3H3,(H,30,31). The molecule has 0 atom stereocenters. The zero-order chi connectivity index (χ0) is 23.2. The summed E-state index contributed by atoms with van der Waals surface area (Å²) in [6.45, 7) is 2.29. The number of hydrogen-bond acceptors (Lipinski definition) is 6. The van der Waals surface area contributed by atoms with Crippen LogP contribution in [0.15, 0.2) is 73.3 Å². The fraction of sp³-hybridized carbons (Fsp3) is 0.154. The monoisotopic (exact) mass is 440 g/mol. The Labute approximate surface area is 192 Å². The zero-order valence-corrected chi connectivity index (χ0v) is 18.7. The summed E-state index contributed by atoms with van der Waals surface area (Å²) in [5.41, 5.74) is 5.19. The van der Waals surface area contributed by atoms with Gasteiger partial charge in [-0.25, -0.2) is 0 Å².